The molecule has 2 nitrogen and oxygen atoms in total. The summed E-state index contributed by atoms with van der Waals surface area (Å²) in [6, 6.07) is 4.88. The summed E-state index contributed by atoms with van der Waals surface area (Å²) in [5.41, 5.74) is 2.31. The molecule has 1 aromatic rings. The summed E-state index contributed by atoms with van der Waals surface area (Å²) < 4.78 is 13.6. The van der Waals surface area contributed by atoms with Crippen molar-refractivity contribution in [1.29, 1.82) is 0 Å². The van der Waals surface area contributed by atoms with Crippen LogP contribution in [0.1, 0.15) is 40.2 Å². The van der Waals surface area contributed by atoms with Gasteiger partial charge in [-0.3, -0.25) is 4.99 Å². The van der Waals surface area contributed by atoms with E-state index in [1.54, 1.807) is 12.1 Å². The molecule has 1 N–H and O–H groups in total. The highest BCUT2D eigenvalue weighted by Gasteiger charge is 2.39. The maximum absolute atomic E-state index is 13.6. The molecule has 0 amide bonds. The van der Waals surface area contributed by atoms with Gasteiger partial charge in [0.05, 0.1) is 5.54 Å². The summed E-state index contributed by atoms with van der Waals surface area (Å²) in [7, 11) is 0. The van der Waals surface area contributed by atoms with E-state index in [1.807, 2.05) is 19.3 Å². The molecule has 0 aromatic heterocycles. The van der Waals surface area contributed by atoms with Gasteiger partial charge >= 0.3 is 0 Å². The SMILES string of the molecule is C/C1=C/Nc2ccc(F)cc2C(C)(C)C(C)(C)N=C1. The molecule has 3 heteroatoms. The molecule has 0 saturated carbocycles. The summed E-state index contributed by atoms with van der Waals surface area (Å²) in [5, 5.41) is 3.26. The van der Waals surface area contributed by atoms with Crippen molar-refractivity contribution in [2.45, 2.75) is 45.6 Å². The molecule has 0 atom stereocenters. The van der Waals surface area contributed by atoms with E-state index >= 15 is 0 Å². The Labute approximate surface area is 114 Å². The van der Waals surface area contributed by atoms with Gasteiger partial charge in [0.15, 0.2) is 0 Å². The van der Waals surface area contributed by atoms with E-state index in [1.165, 1.54) is 6.07 Å². The van der Waals surface area contributed by atoms with Gasteiger partial charge in [0.25, 0.3) is 0 Å². The highest BCUT2D eigenvalue weighted by atomic mass is 19.1. The fraction of sp³-hybridized carbons (Fsp3) is 0.438. The lowest BCUT2D eigenvalue weighted by Crippen LogP contribution is -2.41. The van der Waals surface area contributed by atoms with Crippen LogP contribution in [0.5, 0.6) is 0 Å². The Balaban J connectivity index is 2.69. The van der Waals surface area contributed by atoms with Crippen LogP contribution in [-0.2, 0) is 5.41 Å². The van der Waals surface area contributed by atoms with Crippen LogP contribution in [0.25, 0.3) is 0 Å². The number of hydrogen-bond acceptors (Lipinski definition) is 2. The summed E-state index contributed by atoms with van der Waals surface area (Å²) in [6.45, 7) is 10.4. The number of rotatable bonds is 0. The normalized spacial score (nSPS) is 23.2. The third-order valence-electron chi connectivity index (χ3n) is 4.23. The van der Waals surface area contributed by atoms with Gasteiger partial charge in [-0.15, -0.1) is 0 Å². The van der Waals surface area contributed by atoms with Gasteiger partial charge in [-0.25, -0.2) is 4.39 Å². The van der Waals surface area contributed by atoms with E-state index in [9.17, 15) is 4.39 Å². The monoisotopic (exact) mass is 260 g/mol. The Morgan fingerprint density at radius 3 is 2.53 bits per heavy atom. The number of aliphatic imine (C=N–C) groups is 1. The molecular formula is C16H21FN2. The van der Waals surface area contributed by atoms with Crippen molar-refractivity contribution in [3.05, 3.63) is 41.4 Å². The molecule has 0 saturated heterocycles. The summed E-state index contributed by atoms with van der Waals surface area (Å²) >= 11 is 0. The van der Waals surface area contributed by atoms with Gasteiger partial charge in [0.1, 0.15) is 5.82 Å². The quantitative estimate of drug-likeness (QED) is 0.739. The number of nitrogens with zero attached hydrogens (tertiary/aromatic N) is 1. The minimum Gasteiger partial charge on any atom is -0.361 e. The smallest absolute Gasteiger partial charge is 0.123 e. The lowest BCUT2D eigenvalue weighted by molar-refractivity contribution is 0.310. The molecule has 1 aliphatic rings. The van der Waals surface area contributed by atoms with Crippen LogP contribution in [0.4, 0.5) is 10.1 Å². The van der Waals surface area contributed by atoms with Crippen molar-refractivity contribution in [2.75, 3.05) is 5.32 Å². The predicted molar refractivity (Wildman–Crippen MR) is 79.4 cm³/mol. The molecule has 1 heterocycles. The number of anilines is 1. The number of hydrogen-bond donors (Lipinski definition) is 1. The van der Waals surface area contributed by atoms with E-state index in [2.05, 4.69) is 38.0 Å². The first kappa shape index (κ1) is 13.8. The van der Waals surface area contributed by atoms with Crippen LogP contribution in [0.15, 0.2) is 35.0 Å². The summed E-state index contributed by atoms with van der Waals surface area (Å²) in [4.78, 5) is 4.68. The first-order valence-corrected chi connectivity index (χ1v) is 6.52. The first-order chi connectivity index (χ1) is 8.74. The van der Waals surface area contributed by atoms with E-state index < -0.39 is 0 Å². The Morgan fingerprint density at radius 2 is 1.84 bits per heavy atom. The summed E-state index contributed by atoms with van der Waals surface area (Å²) in [6.07, 6.45) is 3.77. The Kier molecular flexibility index (Phi) is 3.25. The molecule has 1 aliphatic heterocycles. The van der Waals surface area contributed by atoms with Gasteiger partial charge in [-0.05, 0) is 50.1 Å². The molecule has 0 unspecified atom stereocenters. The van der Waals surface area contributed by atoms with Crippen LogP contribution in [0.2, 0.25) is 0 Å². The molecule has 0 fully saturated rings. The van der Waals surface area contributed by atoms with Gasteiger partial charge < -0.3 is 5.32 Å². The minimum absolute atomic E-state index is 0.214. The average molecular weight is 260 g/mol. The van der Waals surface area contributed by atoms with Crippen molar-refractivity contribution < 1.29 is 4.39 Å². The number of benzene rings is 1. The zero-order valence-corrected chi connectivity index (χ0v) is 12.2. The maximum atomic E-state index is 13.6. The Bertz CT molecular complexity index is 554. The Hall–Kier alpha value is -1.64. The fourth-order valence-electron chi connectivity index (χ4n) is 2.14. The zero-order valence-electron chi connectivity index (χ0n) is 12.2. The number of halogens is 1. The van der Waals surface area contributed by atoms with Crippen LogP contribution in [0.3, 0.4) is 0 Å². The molecule has 19 heavy (non-hydrogen) atoms. The van der Waals surface area contributed by atoms with Gasteiger partial charge in [0, 0.05) is 23.5 Å². The van der Waals surface area contributed by atoms with Gasteiger partial charge in [-0.1, -0.05) is 13.8 Å². The molecular weight excluding hydrogens is 239 g/mol. The standard InChI is InChI=1S/C16H21FN2/c1-11-9-18-14-7-6-12(17)8-13(14)15(2,3)16(4,5)19-10-11/h6-10,18H,1-5H3/b11-9-,19-10?. The van der Waals surface area contributed by atoms with Crippen molar-refractivity contribution >= 4 is 11.9 Å². The van der Waals surface area contributed by atoms with Crippen molar-refractivity contribution in [3.63, 3.8) is 0 Å². The minimum atomic E-state index is -0.323. The number of nitrogens with one attached hydrogen (secondary N) is 1. The molecule has 1 aromatic carbocycles. The van der Waals surface area contributed by atoms with Crippen LogP contribution < -0.4 is 5.32 Å². The Morgan fingerprint density at radius 1 is 1.16 bits per heavy atom. The highest BCUT2D eigenvalue weighted by Crippen LogP contribution is 2.41. The maximum Gasteiger partial charge on any atom is 0.123 e. The third-order valence-corrected chi connectivity index (χ3v) is 4.23. The van der Waals surface area contributed by atoms with E-state index in [0.717, 1.165) is 16.8 Å². The fourth-order valence-corrected chi connectivity index (χ4v) is 2.14. The number of fused-ring (bicyclic) bond motifs is 1. The first-order valence-electron chi connectivity index (χ1n) is 6.52. The molecule has 0 spiro atoms. The van der Waals surface area contributed by atoms with E-state index in [0.29, 0.717) is 0 Å². The lowest BCUT2D eigenvalue weighted by atomic mass is 9.69. The van der Waals surface area contributed by atoms with Crippen LogP contribution in [0, 0.1) is 5.82 Å². The molecule has 0 radical (unpaired) electrons. The summed E-state index contributed by atoms with van der Waals surface area (Å²) in [5.74, 6) is -0.214. The van der Waals surface area contributed by atoms with Crippen LogP contribution >= 0.6 is 0 Å². The van der Waals surface area contributed by atoms with E-state index in [-0.39, 0.29) is 16.8 Å². The number of allylic oxidation sites excluding steroid dienone is 1. The van der Waals surface area contributed by atoms with Crippen molar-refractivity contribution in [3.8, 4) is 0 Å². The van der Waals surface area contributed by atoms with Crippen LogP contribution in [-0.4, -0.2) is 11.8 Å². The van der Waals surface area contributed by atoms with Gasteiger partial charge in [-0.2, -0.15) is 0 Å². The molecule has 0 bridgehead atoms. The zero-order chi connectivity index (χ0) is 14.3. The van der Waals surface area contributed by atoms with Crippen molar-refractivity contribution in [2.24, 2.45) is 4.99 Å². The third kappa shape index (κ3) is 2.42. The second-order valence-electron chi connectivity index (χ2n) is 6.16. The average Bonchev–Trinajstić information content (AvgIpc) is 2.36. The molecule has 2 rings (SSSR count). The second kappa shape index (κ2) is 4.48. The topological polar surface area (TPSA) is 24.4 Å². The molecule has 0 aliphatic carbocycles. The predicted octanol–water partition coefficient (Wildman–Crippen LogP) is 4.28. The van der Waals surface area contributed by atoms with Crippen molar-refractivity contribution in [1.82, 2.24) is 0 Å². The second-order valence-corrected chi connectivity index (χ2v) is 6.16. The van der Waals surface area contributed by atoms with E-state index in [4.69, 9.17) is 0 Å². The molecule has 102 valence electrons. The largest absolute Gasteiger partial charge is 0.361 e. The lowest BCUT2D eigenvalue weighted by Gasteiger charge is -2.39. The highest BCUT2D eigenvalue weighted by molar-refractivity contribution is 5.79. The van der Waals surface area contributed by atoms with Gasteiger partial charge in [0.2, 0.25) is 0 Å².